The van der Waals surface area contributed by atoms with E-state index < -0.39 is 10.0 Å². The molecule has 0 bridgehead atoms. The van der Waals surface area contributed by atoms with E-state index in [1.165, 1.54) is 6.21 Å². The van der Waals surface area contributed by atoms with Gasteiger partial charge in [0.2, 0.25) is 0 Å². The Morgan fingerprint density at radius 1 is 0.868 bits per heavy atom. The molecule has 4 aromatic carbocycles. The Hall–Kier alpha value is -4.69. The second kappa shape index (κ2) is 11.1. The number of rotatable bonds is 9. The van der Waals surface area contributed by atoms with Gasteiger partial charge in [0.25, 0.3) is 10.0 Å². The first-order valence-corrected chi connectivity index (χ1v) is 13.5. The first-order valence-electron chi connectivity index (χ1n) is 12.0. The third-order valence-electron chi connectivity index (χ3n) is 5.85. The fourth-order valence-corrected chi connectivity index (χ4v) is 4.60. The average molecular weight is 523 g/mol. The van der Waals surface area contributed by atoms with Crippen LogP contribution in [0.15, 0.2) is 125 Å². The fraction of sp³-hybridized carbons (Fsp3) is 0.0667. The molecule has 0 aliphatic heterocycles. The largest absolute Gasteiger partial charge is 0.489 e. The summed E-state index contributed by atoms with van der Waals surface area (Å²) < 4.78 is 33.0. The monoisotopic (exact) mass is 522 g/mol. The number of aromatic nitrogens is 2. The highest BCUT2D eigenvalue weighted by Crippen LogP contribution is 2.25. The lowest BCUT2D eigenvalue weighted by atomic mass is 10.1. The Balaban J connectivity index is 1.39. The van der Waals surface area contributed by atoms with Crippen molar-refractivity contribution in [2.24, 2.45) is 5.10 Å². The van der Waals surface area contributed by atoms with Gasteiger partial charge in [-0.2, -0.15) is 18.6 Å². The molecular formula is C30H26N4O3S. The number of benzene rings is 4. The molecule has 1 heterocycles. The van der Waals surface area contributed by atoms with Crippen LogP contribution in [0.25, 0.3) is 16.9 Å². The van der Waals surface area contributed by atoms with Gasteiger partial charge in [-0.3, -0.25) is 0 Å². The van der Waals surface area contributed by atoms with Crippen LogP contribution in [-0.2, 0) is 16.6 Å². The summed E-state index contributed by atoms with van der Waals surface area (Å²) in [6.45, 7) is 2.37. The number of nitrogens with zero attached hydrogens (tertiary/aromatic N) is 3. The fourth-order valence-electron chi connectivity index (χ4n) is 3.80. The van der Waals surface area contributed by atoms with Crippen molar-refractivity contribution in [1.82, 2.24) is 14.6 Å². The first kappa shape index (κ1) is 25.0. The summed E-state index contributed by atoms with van der Waals surface area (Å²) in [6, 6.07) is 33.9. The van der Waals surface area contributed by atoms with Crippen molar-refractivity contribution in [3.05, 3.63) is 132 Å². The third-order valence-corrected chi connectivity index (χ3v) is 7.09. The summed E-state index contributed by atoms with van der Waals surface area (Å²) in [7, 11) is -3.80. The van der Waals surface area contributed by atoms with Crippen molar-refractivity contribution in [3.8, 4) is 22.7 Å². The van der Waals surface area contributed by atoms with E-state index in [9.17, 15) is 8.42 Å². The zero-order valence-corrected chi connectivity index (χ0v) is 21.5. The van der Waals surface area contributed by atoms with Crippen LogP contribution >= 0.6 is 0 Å². The van der Waals surface area contributed by atoms with E-state index in [-0.39, 0.29) is 4.90 Å². The van der Waals surface area contributed by atoms with E-state index in [1.807, 2.05) is 98.0 Å². The maximum Gasteiger partial charge on any atom is 0.276 e. The van der Waals surface area contributed by atoms with Gasteiger partial charge in [0.1, 0.15) is 18.1 Å². The van der Waals surface area contributed by atoms with Crippen molar-refractivity contribution in [3.63, 3.8) is 0 Å². The van der Waals surface area contributed by atoms with Gasteiger partial charge in [-0.1, -0.05) is 66.2 Å². The van der Waals surface area contributed by atoms with Crippen LogP contribution in [0.5, 0.6) is 5.75 Å². The molecule has 5 aromatic rings. The standard InChI is InChI=1S/C30H26N4O3S/c1-23-12-18-29(19-13-23)38(35,36)33-31-20-26-21-34(27-10-6-3-7-11-27)32-30(26)25-14-16-28(17-15-25)37-22-24-8-4-2-5-9-24/h2-21,33H,22H2,1H3/b31-20-. The molecule has 1 aromatic heterocycles. The van der Waals surface area contributed by atoms with Gasteiger partial charge in [0, 0.05) is 17.3 Å². The average Bonchev–Trinajstić information content (AvgIpc) is 3.37. The maximum absolute atomic E-state index is 12.7. The Kier molecular flexibility index (Phi) is 7.33. The molecule has 0 aliphatic carbocycles. The molecule has 7 nitrogen and oxygen atoms in total. The van der Waals surface area contributed by atoms with Crippen LogP contribution in [0.4, 0.5) is 0 Å². The zero-order valence-electron chi connectivity index (χ0n) is 20.7. The zero-order chi connectivity index (χ0) is 26.4. The lowest BCUT2D eigenvalue weighted by molar-refractivity contribution is 0.306. The molecule has 8 heteroatoms. The number of hydrogen-bond acceptors (Lipinski definition) is 5. The van der Waals surface area contributed by atoms with E-state index in [2.05, 4.69) is 9.93 Å². The minimum absolute atomic E-state index is 0.145. The van der Waals surface area contributed by atoms with Crippen molar-refractivity contribution in [2.45, 2.75) is 18.4 Å². The van der Waals surface area contributed by atoms with Gasteiger partial charge in [-0.25, -0.2) is 9.51 Å². The lowest BCUT2D eigenvalue weighted by Crippen LogP contribution is -2.18. The molecule has 1 N–H and O–H groups in total. The molecule has 0 aliphatic rings. The number of aryl methyl sites for hydroxylation is 1. The van der Waals surface area contributed by atoms with Crippen molar-refractivity contribution >= 4 is 16.2 Å². The molecule has 5 rings (SSSR count). The molecule has 0 radical (unpaired) electrons. The molecule has 0 saturated carbocycles. The van der Waals surface area contributed by atoms with E-state index in [0.29, 0.717) is 17.9 Å². The summed E-state index contributed by atoms with van der Waals surface area (Å²) in [4.78, 5) is 2.44. The Bertz CT molecular complexity index is 1630. The predicted octanol–water partition coefficient (Wildman–Crippen LogP) is 5.74. The van der Waals surface area contributed by atoms with Gasteiger partial charge >= 0.3 is 0 Å². The molecule has 0 amide bonds. The number of para-hydroxylation sites is 1. The van der Waals surface area contributed by atoms with Crippen LogP contribution in [-0.4, -0.2) is 24.4 Å². The molecule has 190 valence electrons. The Morgan fingerprint density at radius 3 is 2.21 bits per heavy atom. The normalized spacial score (nSPS) is 11.5. The van der Waals surface area contributed by atoms with Gasteiger partial charge in [0.15, 0.2) is 0 Å². The van der Waals surface area contributed by atoms with Crippen molar-refractivity contribution in [2.75, 3.05) is 0 Å². The minimum Gasteiger partial charge on any atom is -0.489 e. The quantitative estimate of drug-likeness (QED) is 0.198. The summed E-state index contributed by atoms with van der Waals surface area (Å²) in [5.74, 6) is 0.737. The number of hydrogen-bond donors (Lipinski definition) is 1. The van der Waals surface area contributed by atoms with Crippen LogP contribution in [0.2, 0.25) is 0 Å². The van der Waals surface area contributed by atoms with Crippen LogP contribution < -0.4 is 9.57 Å². The Morgan fingerprint density at radius 2 is 1.53 bits per heavy atom. The summed E-state index contributed by atoms with van der Waals surface area (Å²) in [6.07, 6.45) is 3.28. The molecular weight excluding hydrogens is 496 g/mol. The third kappa shape index (κ3) is 5.99. The molecule has 0 spiro atoms. The second-order valence-electron chi connectivity index (χ2n) is 8.68. The SMILES string of the molecule is Cc1ccc(S(=O)(=O)N/N=C\c2cn(-c3ccccc3)nc2-c2ccc(OCc3ccccc3)cc2)cc1. The van der Waals surface area contributed by atoms with E-state index in [0.717, 1.165) is 28.1 Å². The second-order valence-corrected chi connectivity index (χ2v) is 10.3. The van der Waals surface area contributed by atoms with Gasteiger partial charge in [-0.05, 0) is 61.0 Å². The Labute approximate surface area is 222 Å². The van der Waals surface area contributed by atoms with Gasteiger partial charge in [-0.15, -0.1) is 0 Å². The highest BCUT2D eigenvalue weighted by molar-refractivity contribution is 7.89. The van der Waals surface area contributed by atoms with E-state index in [4.69, 9.17) is 9.84 Å². The number of nitrogens with one attached hydrogen (secondary N) is 1. The highest BCUT2D eigenvalue weighted by atomic mass is 32.2. The van der Waals surface area contributed by atoms with Crippen LogP contribution in [0.3, 0.4) is 0 Å². The topological polar surface area (TPSA) is 85.6 Å². The van der Waals surface area contributed by atoms with Gasteiger partial charge in [0.05, 0.1) is 16.8 Å². The molecule has 0 fully saturated rings. The summed E-state index contributed by atoms with van der Waals surface area (Å²) in [5.41, 5.74) is 5.08. The summed E-state index contributed by atoms with van der Waals surface area (Å²) >= 11 is 0. The maximum atomic E-state index is 12.7. The van der Waals surface area contributed by atoms with E-state index in [1.54, 1.807) is 28.9 Å². The lowest BCUT2D eigenvalue weighted by Gasteiger charge is -2.07. The van der Waals surface area contributed by atoms with E-state index >= 15 is 0 Å². The minimum atomic E-state index is -3.80. The number of sulfonamides is 1. The number of ether oxygens (including phenoxy) is 1. The predicted molar refractivity (Wildman–Crippen MR) is 149 cm³/mol. The molecule has 0 saturated heterocycles. The van der Waals surface area contributed by atoms with Crippen molar-refractivity contribution < 1.29 is 13.2 Å². The highest BCUT2D eigenvalue weighted by Gasteiger charge is 2.14. The van der Waals surface area contributed by atoms with Crippen molar-refractivity contribution in [1.29, 1.82) is 0 Å². The first-order chi connectivity index (χ1) is 18.5. The van der Waals surface area contributed by atoms with Crippen LogP contribution in [0, 0.1) is 6.92 Å². The molecule has 0 atom stereocenters. The smallest absolute Gasteiger partial charge is 0.276 e. The van der Waals surface area contributed by atoms with Crippen LogP contribution in [0.1, 0.15) is 16.7 Å². The molecule has 38 heavy (non-hydrogen) atoms. The molecule has 0 unspecified atom stereocenters. The number of hydrazone groups is 1. The van der Waals surface area contributed by atoms with Gasteiger partial charge < -0.3 is 4.74 Å². The summed E-state index contributed by atoms with van der Waals surface area (Å²) in [5, 5.41) is 8.81.